The number of carbonyl (C=O) groups is 2. The van der Waals surface area contributed by atoms with Gasteiger partial charge in [-0.05, 0) is 42.8 Å². The second-order valence-electron chi connectivity index (χ2n) is 5.00. The summed E-state index contributed by atoms with van der Waals surface area (Å²) in [6.07, 6.45) is 3.20. The number of aryl methyl sites for hydroxylation is 1. The Kier molecular flexibility index (Phi) is 4.01. The molecule has 3 heterocycles. The molecule has 23 heavy (non-hydrogen) atoms. The van der Waals surface area contributed by atoms with Gasteiger partial charge in [0.2, 0.25) is 0 Å². The summed E-state index contributed by atoms with van der Waals surface area (Å²) in [5.41, 5.74) is 2.31. The topological polar surface area (TPSA) is 72.8 Å². The van der Waals surface area contributed by atoms with E-state index in [1.165, 1.54) is 12.1 Å². The summed E-state index contributed by atoms with van der Waals surface area (Å²) < 4.78 is 0. The molecule has 0 spiro atoms. The van der Waals surface area contributed by atoms with Gasteiger partial charge in [-0.25, -0.2) is 4.98 Å². The van der Waals surface area contributed by atoms with Crippen LogP contribution >= 0.6 is 0 Å². The average molecular weight is 303 g/mol. The van der Waals surface area contributed by atoms with Gasteiger partial charge >= 0.3 is 0 Å². The third-order valence-corrected chi connectivity index (χ3v) is 3.26. The van der Waals surface area contributed by atoms with Crippen molar-refractivity contribution in [3.63, 3.8) is 0 Å². The molecule has 0 amide bonds. The lowest BCUT2D eigenvalue weighted by molar-refractivity contribution is 0.0811. The maximum Gasteiger partial charge on any atom is 0.253 e. The standard InChI is InChI=1S/C18H13N3O2/c1-12-8-9-15(20-11-12)17(22)18(23)16-7-4-6-14(21-16)13-5-2-3-10-19-13/h2-11H,1H3. The third kappa shape index (κ3) is 3.18. The normalized spacial score (nSPS) is 10.3. The number of ketones is 2. The summed E-state index contributed by atoms with van der Waals surface area (Å²) in [6.45, 7) is 1.86. The number of nitrogens with zero attached hydrogens (tertiary/aromatic N) is 3. The molecule has 5 nitrogen and oxygen atoms in total. The zero-order valence-electron chi connectivity index (χ0n) is 12.4. The highest BCUT2D eigenvalue weighted by molar-refractivity contribution is 6.48. The average Bonchev–Trinajstić information content (AvgIpc) is 2.62. The zero-order chi connectivity index (χ0) is 16.2. The molecule has 3 aromatic rings. The van der Waals surface area contributed by atoms with Crippen LogP contribution in [0, 0.1) is 6.92 Å². The second-order valence-corrected chi connectivity index (χ2v) is 5.00. The molecule has 0 radical (unpaired) electrons. The molecule has 0 aliphatic carbocycles. The fourth-order valence-corrected chi connectivity index (χ4v) is 2.05. The van der Waals surface area contributed by atoms with Gasteiger partial charge in [-0.15, -0.1) is 0 Å². The predicted octanol–water partition coefficient (Wildman–Crippen LogP) is 2.91. The van der Waals surface area contributed by atoms with Gasteiger partial charge in [-0.2, -0.15) is 0 Å². The molecule has 3 aromatic heterocycles. The van der Waals surface area contributed by atoms with Crippen molar-refractivity contribution >= 4 is 11.6 Å². The minimum absolute atomic E-state index is 0.0838. The number of hydrogen-bond donors (Lipinski definition) is 0. The Morgan fingerprint density at radius 2 is 1.57 bits per heavy atom. The summed E-state index contributed by atoms with van der Waals surface area (Å²) in [4.78, 5) is 37.0. The maximum atomic E-state index is 12.3. The van der Waals surface area contributed by atoms with E-state index in [-0.39, 0.29) is 11.4 Å². The summed E-state index contributed by atoms with van der Waals surface area (Å²) in [7, 11) is 0. The number of hydrogen-bond acceptors (Lipinski definition) is 5. The molecule has 0 aliphatic rings. The van der Waals surface area contributed by atoms with Crippen LogP contribution in [0.2, 0.25) is 0 Å². The molecule has 0 aromatic carbocycles. The molecule has 0 fully saturated rings. The molecule has 0 aliphatic heterocycles. The van der Waals surface area contributed by atoms with Gasteiger partial charge in [0.1, 0.15) is 11.4 Å². The van der Waals surface area contributed by atoms with E-state index in [0.29, 0.717) is 11.4 Å². The summed E-state index contributed by atoms with van der Waals surface area (Å²) in [5, 5.41) is 0. The Bertz CT molecular complexity index is 859. The van der Waals surface area contributed by atoms with Gasteiger partial charge in [0, 0.05) is 12.4 Å². The quantitative estimate of drug-likeness (QED) is 0.547. The van der Waals surface area contributed by atoms with Gasteiger partial charge < -0.3 is 0 Å². The van der Waals surface area contributed by atoms with Crippen molar-refractivity contribution in [2.75, 3.05) is 0 Å². The van der Waals surface area contributed by atoms with E-state index in [2.05, 4.69) is 15.0 Å². The molecule has 0 bridgehead atoms. The summed E-state index contributed by atoms with van der Waals surface area (Å²) in [6, 6.07) is 13.6. The van der Waals surface area contributed by atoms with Crippen molar-refractivity contribution in [3.05, 3.63) is 77.9 Å². The highest BCUT2D eigenvalue weighted by atomic mass is 16.2. The van der Waals surface area contributed by atoms with Gasteiger partial charge in [-0.1, -0.05) is 18.2 Å². The number of aromatic nitrogens is 3. The number of pyridine rings is 3. The molecule has 0 saturated carbocycles. The van der Waals surface area contributed by atoms with Crippen LogP contribution in [0.5, 0.6) is 0 Å². The van der Waals surface area contributed by atoms with Crippen LogP contribution in [-0.2, 0) is 0 Å². The van der Waals surface area contributed by atoms with Crippen LogP contribution in [0.25, 0.3) is 11.4 Å². The smallest absolute Gasteiger partial charge is 0.253 e. The lowest BCUT2D eigenvalue weighted by atomic mass is 10.1. The predicted molar refractivity (Wildman–Crippen MR) is 85.1 cm³/mol. The van der Waals surface area contributed by atoms with E-state index < -0.39 is 11.6 Å². The minimum Gasteiger partial charge on any atom is -0.283 e. The number of Topliss-reactive ketones (excluding diaryl/α,β-unsaturated/α-hetero) is 2. The summed E-state index contributed by atoms with van der Waals surface area (Å²) >= 11 is 0. The lowest BCUT2D eigenvalue weighted by Crippen LogP contribution is -2.17. The van der Waals surface area contributed by atoms with E-state index in [1.54, 1.807) is 42.7 Å². The maximum absolute atomic E-state index is 12.3. The Labute approximate surface area is 133 Å². The fraction of sp³-hybridized carbons (Fsp3) is 0.0556. The molecule has 112 valence electrons. The van der Waals surface area contributed by atoms with Crippen LogP contribution in [0.1, 0.15) is 26.5 Å². The Balaban J connectivity index is 1.91. The highest BCUT2D eigenvalue weighted by Crippen LogP contribution is 2.14. The van der Waals surface area contributed by atoms with Gasteiger partial charge in [-0.3, -0.25) is 19.6 Å². The van der Waals surface area contributed by atoms with E-state index >= 15 is 0 Å². The van der Waals surface area contributed by atoms with Crippen LogP contribution in [-0.4, -0.2) is 26.5 Å². The van der Waals surface area contributed by atoms with Crippen molar-refractivity contribution in [2.45, 2.75) is 6.92 Å². The second kappa shape index (κ2) is 6.27. The number of rotatable bonds is 4. The SMILES string of the molecule is Cc1ccc(C(=O)C(=O)c2cccc(-c3ccccn3)n2)nc1. The lowest BCUT2D eigenvalue weighted by Gasteiger charge is -2.03. The molecule has 3 rings (SSSR count). The molecule has 0 N–H and O–H groups in total. The van der Waals surface area contributed by atoms with Crippen molar-refractivity contribution in [2.24, 2.45) is 0 Å². The first-order valence-electron chi connectivity index (χ1n) is 7.05. The molecule has 0 saturated heterocycles. The van der Waals surface area contributed by atoms with Crippen LogP contribution in [0.15, 0.2) is 60.9 Å². The summed E-state index contributed by atoms with van der Waals surface area (Å²) in [5.74, 6) is -1.35. The van der Waals surface area contributed by atoms with Crippen molar-refractivity contribution in [1.82, 2.24) is 15.0 Å². The Hall–Kier alpha value is -3.21. The Morgan fingerprint density at radius 1 is 0.783 bits per heavy atom. The zero-order valence-corrected chi connectivity index (χ0v) is 12.4. The van der Waals surface area contributed by atoms with Gasteiger partial charge in [0.05, 0.1) is 11.4 Å². The van der Waals surface area contributed by atoms with Gasteiger partial charge in [0.25, 0.3) is 11.6 Å². The van der Waals surface area contributed by atoms with E-state index in [0.717, 1.165) is 5.56 Å². The van der Waals surface area contributed by atoms with E-state index in [1.807, 2.05) is 13.0 Å². The van der Waals surface area contributed by atoms with Crippen LogP contribution < -0.4 is 0 Å². The number of carbonyl (C=O) groups excluding carboxylic acids is 2. The van der Waals surface area contributed by atoms with Crippen molar-refractivity contribution in [3.8, 4) is 11.4 Å². The van der Waals surface area contributed by atoms with Crippen LogP contribution in [0.4, 0.5) is 0 Å². The third-order valence-electron chi connectivity index (χ3n) is 3.26. The van der Waals surface area contributed by atoms with Crippen molar-refractivity contribution < 1.29 is 9.59 Å². The largest absolute Gasteiger partial charge is 0.283 e. The first kappa shape index (κ1) is 14.7. The van der Waals surface area contributed by atoms with E-state index in [4.69, 9.17) is 0 Å². The van der Waals surface area contributed by atoms with E-state index in [9.17, 15) is 9.59 Å². The first-order chi connectivity index (χ1) is 11.1. The minimum atomic E-state index is -0.681. The van der Waals surface area contributed by atoms with Crippen LogP contribution in [0.3, 0.4) is 0 Å². The van der Waals surface area contributed by atoms with Gasteiger partial charge in [0.15, 0.2) is 0 Å². The monoisotopic (exact) mass is 303 g/mol. The molecule has 0 atom stereocenters. The highest BCUT2D eigenvalue weighted by Gasteiger charge is 2.21. The Morgan fingerprint density at radius 3 is 2.26 bits per heavy atom. The first-order valence-corrected chi connectivity index (χ1v) is 7.05. The molecule has 5 heteroatoms. The fourth-order valence-electron chi connectivity index (χ4n) is 2.05. The molecule has 0 unspecified atom stereocenters. The molecular formula is C18H13N3O2. The van der Waals surface area contributed by atoms with Crippen molar-refractivity contribution in [1.29, 1.82) is 0 Å². The molecular weight excluding hydrogens is 290 g/mol.